The number of benzene rings is 2. The summed E-state index contributed by atoms with van der Waals surface area (Å²) in [6.45, 7) is 5.01. The Kier molecular flexibility index (Phi) is 6.99. The molecule has 0 radical (unpaired) electrons. The Labute approximate surface area is 192 Å². The van der Waals surface area contributed by atoms with Crippen LogP contribution in [0.25, 0.3) is 10.9 Å². The Morgan fingerprint density at radius 1 is 1.18 bits per heavy atom. The Morgan fingerprint density at radius 2 is 1.94 bits per heavy atom. The van der Waals surface area contributed by atoms with Gasteiger partial charge in [0.25, 0.3) is 5.91 Å². The van der Waals surface area contributed by atoms with Crippen LogP contribution in [0.15, 0.2) is 54.6 Å². The molecule has 33 heavy (non-hydrogen) atoms. The molecule has 7 heteroatoms. The third-order valence-corrected chi connectivity index (χ3v) is 5.72. The van der Waals surface area contributed by atoms with Crippen molar-refractivity contribution in [3.8, 4) is 0 Å². The fourth-order valence-electron chi connectivity index (χ4n) is 4.04. The zero-order valence-electron chi connectivity index (χ0n) is 18.9. The van der Waals surface area contributed by atoms with Crippen molar-refractivity contribution in [2.75, 3.05) is 19.7 Å². The van der Waals surface area contributed by atoms with Crippen LogP contribution in [0.1, 0.15) is 48.0 Å². The van der Waals surface area contributed by atoms with Crippen LogP contribution in [0.5, 0.6) is 0 Å². The molecule has 0 aliphatic carbocycles. The number of hydrogen-bond donors (Lipinski definition) is 1. The normalized spacial score (nSPS) is 16.2. The minimum Gasteiger partial charge on any atom is -0.368 e. The zero-order valence-corrected chi connectivity index (χ0v) is 18.9. The molecular formula is C26H28FN3O3. The van der Waals surface area contributed by atoms with E-state index in [0.29, 0.717) is 48.5 Å². The maximum absolute atomic E-state index is 13.9. The first-order valence-corrected chi connectivity index (χ1v) is 11.3. The number of aryl methyl sites for hydroxylation is 1. The molecule has 2 heterocycles. The van der Waals surface area contributed by atoms with E-state index in [1.165, 1.54) is 6.07 Å². The lowest BCUT2D eigenvalue weighted by Gasteiger charge is -2.33. The Balaban J connectivity index is 1.52. The van der Waals surface area contributed by atoms with E-state index in [0.717, 1.165) is 5.39 Å². The number of nitrogens with zero attached hydrogens (tertiary/aromatic N) is 2. The van der Waals surface area contributed by atoms with E-state index in [-0.39, 0.29) is 30.1 Å². The third kappa shape index (κ3) is 5.37. The largest absolute Gasteiger partial charge is 0.368 e. The van der Waals surface area contributed by atoms with Crippen LogP contribution in [0.2, 0.25) is 0 Å². The van der Waals surface area contributed by atoms with Crippen LogP contribution in [0, 0.1) is 5.82 Å². The number of fused-ring (bicyclic) bond motifs is 1. The van der Waals surface area contributed by atoms with Gasteiger partial charge in [-0.05, 0) is 44.0 Å². The minimum absolute atomic E-state index is 0.00127. The number of para-hydroxylation sites is 1. The lowest BCUT2D eigenvalue weighted by Crippen LogP contribution is -2.42. The van der Waals surface area contributed by atoms with Gasteiger partial charge >= 0.3 is 0 Å². The Hall–Kier alpha value is -3.32. The lowest BCUT2D eigenvalue weighted by molar-refractivity contribution is -0.139. The van der Waals surface area contributed by atoms with E-state index in [1.54, 1.807) is 29.2 Å². The van der Waals surface area contributed by atoms with Crippen LogP contribution in [-0.4, -0.2) is 47.4 Å². The average molecular weight is 450 g/mol. The molecule has 3 aromatic rings. The van der Waals surface area contributed by atoms with Crippen LogP contribution >= 0.6 is 0 Å². The van der Waals surface area contributed by atoms with Gasteiger partial charge in [-0.15, -0.1) is 0 Å². The van der Waals surface area contributed by atoms with Gasteiger partial charge in [0.15, 0.2) is 0 Å². The van der Waals surface area contributed by atoms with Crippen molar-refractivity contribution in [2.45, 2.75) is 38.8 Å². The van der Waals surface area contributed by atoms with Crippen molar-refractivity contribution < 1.29 is 18.7 Å². The van der Waals surface area contributed by atoms with Gasteiger partial charge in [-0.3, -0.25) is 9.59 Å². The topological polar surface area (TPSA) is 71.5 Å². The predicted molar refractivity (Wildman–Crippen MR) is 124 cm³/mol. The molecule has 1 saturated heterocycles. The number of carbonyl (C=O) groups is 2. The second-order valence-corrected chi connectivity index (χ2v) is 8.53. The van der Waals surface area contributed by atoms with Crippen LogP contribution in [0.4, 0.5) is 4.39 Å². The Morgan fingerprint density at radius 3 is 2.73 bits per heavy atom. The average Bonchev–Trinajstić information content (AvgIpc) is 2.82. The maximum atomic E-state index is 13.9. The van der Waals surface area contributed by atoms with Gasteiger partial charge in [-0.1, -0.05) is 36.4 Å². The molecule has 1 unspecified atom stereocenters. The number of nitrogens with one attached hydrogen (secondary N) is 1. The zero-order chi connectivity index (χ0) is 23.4. The van der Waals surface area contributed by atoms with Gasteiger partial charge in [-0.2, -0.15) is 0 Å². The van der Waals surface area contributed by atoms with Crippen LogP contribution < -0.4 is 5.32 Å². The molecule has 1 N–H and O–H groups in total. The molecule has 0 spiro atoms. The number of halogens is 1. The quantitative estimate of drug-likeness (QED) is 0.617. The number of carbonyl (C=O) groups excluding carboxylic acids is 2. The highest BCUT2D eigenvalue weighted by molar-refractivity contribution is 6.06. The number of rotatable bonds is 6. The molecule has 172 valence electrons. The number of amides is 2. The summed E-state index contributed by atoms with van der Waals surface area (Å²) in [5, 5.41) is 3.71. The first kappa shape index (κ1) is 22.9. The molecule has 1 atom stereocenters. The second kappa shape index (κ2) is 10.1. The van der Waals surface area contributed by atoms with Crippen molar-refractivity contribution >= 4 is 22.7 Å². The van der Waals surface area contributed by atoms with Crippen LogP contribution in [0.3, 0.4) is 0 Å². The monoisotopic (exact) mass is 449 g/mol. The number of hydrogen-bond acceptors (Lipinski definition) is 4. The predicted octanol–water partition coefficient (Wildman–Crippen LogP) is 4.04. The first-order valence-electron chi connectivity index (χ1n) is 11.3. The number of ether oxygens (including phenoxy) is 1. The van der Waals surface area contributed by atoms with E-state index in [2.05, 4.69) is 5.32 Å². The highest BCUT2D eigenvalue weighted by atomic mass is 19.1. The highest BCUT2D eigenvalue weighted by Gasteiger charge is 2.27. The van der Waals surface area contributed by atoms with Crippen LogP contribution in [-0.2, 0) is 16.0 Å². The first-order chi connectivity index (χ1) is 15.9. The van der Waals surface area contributed by atoms with E-state index in [1.807, 2.05) is 38.1 Å². The molecule has 1 aliphatic heterocycles. The summed E-state index contributed by atoms with van der Waals surface area (Å²) in [5.74, 6) is -0.513. The van der Waals surface area contributed by atoms with E-state index in [4.69, 9.17) is 9.72 Å². The van der Waals surface area contributed by atoms with Gasteiger partial charge < -0.3 is 15.0 Å². The van der Waals surface area contributed by atoms with Gasteiger partial charge in [0, 0.05) is 24.4 Å². The summed E-state index contributed by atoms with van der Waals surface area (Å²) in [4.78, 5) is 32.1. The smallest absolute Gasteiger partial charge is 0.252 e. The number of pyridine rings is 1. The lowest BCUT2D eigenvalue weighted by atomic mass is 10.0. The summed E-state index contributed by atoms with van der Waals surface area (Å²) in [7, 11) is 0. The van der Waals surface area contributed by atoms with Crippen molar-refractivity contribution in [1.82, 2.24) is 15.2 Å². The highest BCUT2D eigenvalue weighted by Crippen LogP contribution is 2.26. The van der Waals surface area contributed by atoms with Crippen molar-refractivity contribution in [1.29, 1.82) is 0 Å². The maximum Gasteiger partial charge on any atom is 0.252 e. The number of aromatic nitrogens is 1. The number of morpholine rings is 1. The van der Waals surface area contributed by atoms with E-state index < -0.39 is 6.10 Å². The molecule has 2 amide bonds. The Bertz CT molecular complexity index is 1160. The van der Waals surface area contributed by atoms with Crippen molar-refractivity contribution in [3.05, 3.63) is 77.2 Å². The molecular weight excluding hydrogens is 421 g/mol. The molecule has 0 bridgehead atoms. The molecule has 0 saturated carbocycles. The SMILES string of the molecule is CC(C)NC(=O)c1cc(C2CN(C(=O)CCc3ccccc3F)CCO2)nc2ccccc12. The third-order valence-electron chi connectivity index (χ3n) is 5.72. The fraction of sp³-hybridized carbons (Fsp3) is 0.346. The molecule has 1 aliphatic rings. The van der Waals surface area contributed by atoms with Crippen molar-refractivity contribution in [3.63, 3.8) is 0 Å². The van der Waals surface area contributed by atoms with Gasteiger partial charge in [0.05, 0.1) is 29.9 Å². The summed E-state index contributed by atoms with van der Waals surface area (Å²) < 4.78 is 19.8. The minimum atomic E-state index is -0.439. The van der Waals surface area contributed by atoms with Gasteiger partial charge in [0.2, 0.25) is 5.91 Å². The van der Waals surface area contributed by atoms with Crippen molar-refractivity contribution in [2.24, 2.45) is 0 Å². The summed E-state index contributed by atoms with van der Waals surface area (Å²) >= 11 is 0. The van der Waals surface area contributed by atoms with Gasteiger partial charge in [-0.25, -0.2) is 9.37 Å². The summed E-state index contributed by atoms with van der Waals surface area (Å²) in [5.41, 5.74) is 2.40. The second-order valence-electron chi connectivity index (χ2n) is 8.53. The molecule has 2 aromatic carbocycles. The molecule has 1 aromatic heterocycles. The summed E-state index contributed by atoms with van der Waals surface area (Å²) in [6, 6.07) is 15.8. The summed E-state index contributed by atoms with van der Waals surface area (Å²) in [6.07, 6.45) is 0.133. The molecule has 4 rings (SSSR count). The standard InChI is InChI=1S/C26H28FN3O3/c1-17(2)28-26(32)20-15-23(29-22-10-6-4-8-19(20)22)24-16-30(13-14-33-24)25(31)12-11-18-7-3-5-9-21(18)27/h3-10,15,17,24H,11-14,16H2,1-2H3,(H,28,32). The van der Waals surface area contributed by atoms with Gasteiger partial charge in [0.1, 0.15) is 11.9 Å². The molecule has 6 nitrogen and oxygen atoms in total. The van der Waals surface area contributed by atoms with E-state index in [9.17, 15) is 14.0 Å². The van der Waals surface area contributed by atoms with E-state index >= 15 is 0 Å². The molecule has 1 fully saturated rings. The fourth-order valence-corrected chi connectivity index (χ4v) is 4.04.